The summed E-state index contributed by atoms with van der Waals surface area (Å²) in [5.74, 6) is 0.386. The van der Waals surface area contributed by atoms with Crippen molar-refractivity contribution < 1.29 is 4.79 Å². The Morgan fingerprint density at radius 1 is 1.33 bits per heavy atom. The smallest absolute Gasteiger partial charge is 0.130 e. The largest absolute Gasteiger partial charge is 0.302 e. The van der Waals surface area contributed by atoms with Crippen LogP contribution in [0.15, 0.2) is 24.3 Å². The SMILES string of the molecule is CC(C)C1(C=O)CCCc2ccccc21. The van der Waals surface area contributed by atoms with Crippen molar-refractivity contribution in [1.29, 1.82) is 0 Å². The molecule has 0 radical (unpaired) electrons. The molecule has 1 heteroatoms. The lowest BCUT2D eigenvalue weighted by Crippen LogP contribution is -2.37. The van der Waals surface area contributed by atoms with Gasteiger partial charge in [-0.25, -0.2) is 0 Å². The van der Waals surface area contributed by atoms with Crippen molar-refractivity contribution in [3.63, 3.8) is 0 Å². The highest BCUT2D eigenvalue weighted by Crippen LogP contribution is 2.41. The van der Waals surface area contributed by atoms with Gasteiger partial charge in [0, 0.05) is 0 Å². The molecule has 0 saturated heterocycles. The van der Waals surface area contributed by atoms with Crippen molar-refractivity contribution in [3.8, 4) is 0 Å². The zero-order valence-electron chi connectivity index (χ0n) is 9.49. The van der Waals surface area contributed by atoms with E-state index in [1.807, 2.05) is 6.07 Å². The minimum atomic E-state index is -0.227. The first-order valence-electron chi connectivity index (χ1n) is 5.75. The van der Waals surface area contributed by atoms with Crippen LogP contribution in [-0.4, -0.2) is 6.29 Å². The molecule has 1 unspecified atom stereocenters. The number of aryl methyl sites for hydroxylation is 1. The number of hydrogen-bond donors (Lipinski definition) is 0. The summed E-state index contributed by atoms with van der Waals surface area (Å²) in [6.45, 7) is 4.30. The van der Waals surface area contributed by atoms with Crippen LogP contribution in [0.5, 0.6) is 0 Å². The van der Waals surface area contributed by atoms with Crippen LogP contribution in [0.2, 0.25) is 0 Å². The third-order valence-electron chi connectivity index (χ3n) is 3.80. The van der Waals surface area contributed by atoms with Crippen LogP contribution in [0.1, 0.15) is 37.8 Å². The Morgan fingerprint density at radius 2 is 2.07 bits per heavy atom. The predicted octanol–water partition coefficient (Wildman–Crippen LogP) is 3.12. The number of fused-ring (bicyclic) bond motifs is 1. The summed E-state index contributed by atoms with van der Waals surface area (Å²) in [7, 11) is 0. The van der Waals surface area contributed by atoms with E-state index in [9.17, 15) is 4.79 Å². The molecule has 0 saturated carbocycles. The fourth-order valence-electron chi connectivity index (χ4n) is 2.76. The molecule has 0 bridgehead atoms. The van der Waals surface area contributed by atoms with Crippen LogP contribution < -0.4 is 0 Å². The van der Waals surface area contributed by atoms with Gasteiger partial charge in [0.1, 0.15) is 6.29 Å². The highest BCUT2D eigenvalue weighted by molar-refractivity contribution is 5.71. The van der Waals surface area contributed by atoms with Gasteiger partial charge >= 0.3 is 0 Å². The van der Waals surface area contributed by atoms with Crippen molar-refractivity contribution in [1.82, 2.24) is 0 Å². The molecule has 1 nitrogen and oxygen atoms in total. The molecule has 0 N–H and O–H groups in total. The summed E-state index contributed by atoms with van der Waals surface area (Å²) in [5.41, 5.74) is 2.40. The quantitative estimate of drug-likeness (QED) is 0.673. The summed E-state index contributed by atoms with van der Waals surface area (Å²) in [6.07, 6.45) is 4.44. The molecule has 0 aromatic heterocycles. The number of carbonyl (C=O) groups excluding carboxylic acids is 1. The van der Waals surface area contributed by atoms with Crippen molar-refractivity contribution in [2.45, 2.75) is 38.5 Å². The average molecular weight is 202 g/mol. The van der Waals surface area contributed by atoms with E-state index in [0.717, 1.165) is 19.3 Å². The van der Waals surface area contributed by atoms with Gasteiger partial charge in [-0.2, -0.15) is 0 Å². The number of hydrogen-bond acceptors (Lipinski definition) is 1. The molecule has 1 aromatic carbocycles. The monoisotopic (exact) mass is 202 g/mol. The topological polar surface area (TPSA) is 17.1 Å². The van der Waals surface area contributed by atoms with E-state index in [-0.39, 0.29) is 5.41 Å². The summed E-state index contributed by atoms with van der Waals surface area (Å²) in [4.78, 5) is 11.5. The summed E-state index contributed by atoms with van der Waals surface area (Å²) >= 11 is 0. The van der Waals surface area contributed by atoms with E-state index in [2.05, 4.69) is 32.0 Å². The van der Waals surface area contributed by atoms with E-state index >= 15 is 0 Å². The van der Waals surface area contributed by atoms with Crippen molar-refractivity contribution in [2.75, 3.05) is 0 Å². The lowest BCUT2D eigenvalue weighted by Gasteiger charge is -2.37. The molecule has 0 heterocycles. The standard InChI is InChI=1S/C14H18O/c1-11(2)14(10-15)9-5-7-12-6-3-4-8-13(12)14/h3-4,6,8,10-11H,5,7,9H2,1-2H3. The Bertz CT molecular complexity index is 367. The first-order valence-corrected chi connectivity index (χ1v) is 5.75. The predicted molar refractivity (Wildman–Crippen MR) is 62.0 cm³/mol. The van der Waals surface area contributed by atoms with Crippen LogP contribution in [0.25, 0.3) is 0 Å². The van der Waals surface area contributed by atoms with Crippen molar-refractivity contribution >= 4 is 6.29 Å². The Balaban J connectivity index is 2.57. The van der Waals surface area contributed by atoms with Crippen molar-refractivity contribution in [2.24, 2.45) is 5.92 Å². The molecule has 15 heavy (non-hydrogen) atoms. The Labute approximate surface area is 91.5 Å². The molecule has 0 fully saturated rings. The minimum absolute atomic E-state index is 0.227. The fraction of sp³-hybridized carbons (Fsp3) is 0.500. The van der Waals surface area contributed by atoms with Gasteiger partial charge in [0.25, 0.3) is 0 Å². The summed E-state index contributed by atoms with van der Waals surface area (Å²) in [5, 5.41) is 0. The Hall–Kier alpha value is -1.11. The molecule has 80 valence electrons. The van der Waals surface area contributed by atoms with Gasteiger partial charge in [0.05, 0.1) is 5.41 Å². The maximum absolute atomic E-state index is 11.5. The second-order valence-corrected chi connectivity index (χ2v) is 4.82. The average Bonchev–Trinajstić information content (AvgIpc) is 2.28. The molecule has 1 aliphatic carbocycles. The van der Waals surface area contributed by atoms with E-state index in [1.165, 1.54) is 17.4 Å². The maximum atomic E-state index is 11.5. The zero-order valence-corrected chi connectivity index (χ0v) is 9.49. The fourth-order valence-corrected chi connectivity index (χ4v) is 2.76. The molecule has 1 aromatic rings. The summed E-state index contributed by atoms with van der Waals surface area (Å²) in [6, 6.07) is 8.41. The summed E-state index contributed by atoms with van der Waals surface area (Å²) < 4.78 is 0. The van der Waals surface area contributed by atoms with E-state index in [4.69, 9.17) is 0 Å². The van der Waals surface area contributed by atoms with Gasteiger partial charge < -0.3 is 4.79 Å². The minimum Gasteiger partial charge on any atom is -0.302 e. The molecule has 2 rings (SSSR count). The third kappa shape index (κ3) is 1.50. The van der Waals surface area contributed by atoms with Gasteiger partial charge in [-0.1, -0.05) is 38.1 Å². The van der Waals surface area contributed by atoms with E-state index in [1.54, 1.807) is 0 Å². The Morgan fingerprint density at radius 3 is 2.73 bits per heavy atom. The molecule has 0 amide bonds. The van der Waals surface area contributed by atoms with E-state index < -0.39 is 0 Å². The number of aldehydes is 1. The van der Waals surface area contributed by atoms with Gasteiger partial charge in [-0.15, -0.1) is 0 Å². The van der Waals surface area contributed by atoms with Crippen LogP contribution in [0.4, 0.5) is 0 Å². The molecule has 0 spiro atoms. The number of benzene rings is 1. The van der Waals surface area contributed by atoms with Crippen LogP contribution in [0, 0.1) is 5.92 Å². The van der Waals surface area contributed by atoms with Gasteiger partial charge in [0.15, 0.2) is 0 Å². The molecule has 1 aliphatic rings. The third-order valence-corrected chi connectivity index (χ3v) is 3.80. The van der Waals surface area contributed by atoms with Crippen molar-refractivity contribution in [3.05, 3.63) is 35.4 Å². The molecule has 0 aliphatic heterocycles. The zero-order chi connectivity index (χ0) is 10.9. The highest BCUT2D eigenvalue weighted by atomic mass is 16.1. The normalized spacial score (nSPS) is 25.0. The van der Waals surface area contributed by atoms with Crippen LogP contribution in [0.3, 0.4) is 0 Å². The highest BCUT2D eigenvalue weighted by Gasteiger charge is 2.38. The first kappa shape index (κ1) is 10.4. The van der Waals surface area contributed by atoms with Gasteiger partial charge in [-0.3, -0.25) is 0 Å². The van der Waals surface area contributed by atoms with Gasteiger partial charge in [0.2, 0.25) is 0 Å². The first-order chi connectivity index (χ1) is 7.20. The molecular weight excluding hydrogens is 184 g/mol. The number of carbonyl (C=O) groups is 1. The lowest BCUT2D eigenvalue weighted by atomic mass is 9.65. The van der Waals surface area contributed by atoms with Crippen LogP contribution in [-0.2, 0) is 16.6 Å². The molecular formula is C14H18O. The maximum Gasteiger partial charge on any atom is 0.130 e. The second kappa shape index (κ2) is 3.80. The van der Waals surface area contributed by atoms with Crippen LogP contribution >= 0.6 is 0 Å². The lowest BCUT2D eigenvalue weighted by molar-refractivity contribution is -0.114. The van der Waals surface area contributed by atoms with E-state index in [0.29, 0.717) is 5.92 Å². The molecule has 1 atom stereocenters. The van der Waals surface area contributed by atoms with Gasteiger partial charge in [-0.05, 0) is 36.3 Å². The second-order valence-electron chi connectivity index (χ2n) is 4.82. The number of rotatable bonds is 2. The Kier molecular flexibility index (Phi) is 2.64.